The van der Waals surface area contributed by atoms with Gasteiger partial charge in [-0.1, -0.05) is 44.2 Å². The summed E-state index contributed by atoms with van der Waals surface area (Å²) in [5.41, 5.74) is 4.64. The Labute approximate surface area is 182 Å². The molecule has 0 bridgehead atoms. The Kier molecular flexibility index (Phi) is 9.22. The van der Waals surface area contributed by atoms with E-state index in [1.807, 2.05) is 45.0 Å². The molecule has 2 aromatic carbocycles. The number of benzene rings is 2. The summed E-state index contributed by atoms with van der Waals surface area (Å²) >= 11 is 0. The van der Waals surface area contributed by atoms with Crippen molar-refractivity contribution in [2.75, 3.05) is 11.9 Å². The first-order valence-corrected chi connectivity index (χ1v) is 10.2. The topological polar surface area (TPSA) is 109 Å². The third kappa shape index (κ3) is 7.93. The van der Waals surface area contributed by atoms with Gasteiger partial charge in [0.15, 0.2) is 6.61 Å². The lowest BCUT2D eigenvalue weighted by atomic mass is 10.1. The first kappa shape index (κ1) is 23.6. The molecule has 0 aromatic heterocycles. The quantitative estimate of drug-likeness (QED) is 0.327. The third-order valence-electron chi connectivity index (χ3n) is 4.48. The Balaban J connectivity index is 1.86. The second kappa shape index (κ2) is 12.1. The summed E-state index contributed by atoms with van der Waals surface area (Å²) in [6.07, 6.45) is 2.92. The molecular formula is C23H28N4O4. The summed E-state index contributed by atoms with van der Waals surface area (Å²) in [6.45, 7) is 5.59. The van der Waals surface area contributed by atoms with Gasteiger partial charge in [-0.25, -0.2) is 5.43 Å². The number of carbonyl (C=O) groups is 3. The number of amides is 3. The fourth-order valence-electron chi connectivity index (χ4n) is 2.58. The van der Waals surface area contributed by atoms with Crippen LogP contribution >= 0.6 is 0 Å². The summed E-state index contributed by atoms with van der Waals surface area (Å²) in [7, 11) is 0. The number of ether oxygens (including phenoxy) is 1. The second-order valence-corrected chi connectivity index (χ2v) is 6.90. The van der Waals surface area contributed by atoms with Gasteiger partial charge in [0.1, 0.15) is 5.75 Å². The van der Waals surface area contributed by atoms with Crippen LogP contribution in [0.4, 0.5) is 5.69 Å². The fraction of sp³-hybridized carbons (Fsp3) is 0.304. The van der Waals surface area contributed by atoms with E-state index in [4.69, 9.17) is 4.74 Å². The van der Waals surface area contributed by atoms with Crippen LogP contribution in [0.2, 0.25) is 0 Å². The number of para-hydroxylation sites is 1. The van der Waals surface area contributed by atoms with Crippen LogP contribution < -0.4 is 20.8 Å². The molecule has 0 aliphatic heterocycles. The van der Waals surface area contributed by atoms with Crippen LogP contribution in [0.3, 0.4) is 0 Å². The number of anilines is 1. The molecule has 0 fully saturated rings. The Hall–Kier alpha value is -3.68. The van der Waals surface area contributed by atoms with Gasteiger partial charge < -0.3 is 15.4 Å². The van der Waals surface area contributed by atoms with Crippen LogP contribution in [-0.2, 0) is 20.8 Å². The zero-order valence-corrected chi connectivity index (χ0v) is 18.0. The molecule has 31 heavy (non-hydrogen) atoms. The predicted octanol–water partition coefficient (Wildman–Crippen LogP) is 2.63. The lowest BCUT2D eigenvalue weighted by molar-refractivity contribution is -0.139. The van der Waals surface area contributed by atoms with Crippen LogP contribution in [0.25, 0.3) is 0 Å². The lowest BCUT2D eigenvalue weighted by Gasteiger charge is -2.11. The van der Waals surface area contributed by atoms with Crippen molar-refractivity contribution < 1.29 is 19.1 Å². The monoisotopic (exact) mass is 424 g/mol. The Morgan fingerprint density at radius 1 is 1.06 bits per heavy atom. The molecule has 3 N–H and O–H groups in total. The normalized spacial score (nSPS) is 11.6. The van der Waals surface area contributed by atoms with Crippen molar-refractivity contribution in [1.82, 2.24) is 10.7 Å². The molecule has 2 aromatic rings. The highest BCUT2D eigenvalue weighted by atomic mass is 16.5. The van der Waals surface area contributed by atoms with E-state index >= 15 is 0 Å². The minimum absolute atomic E-state index is 0.0938. The molecule has 0 heterocycles. The summed E-state index contributed by atoms with van der Waals surface area (Å²) in [5.74, 6) is -1.37. The molecule has 1 atom stereocenters. The smallest absolute Gasteiger partial charge is 0.329 e. The molecule has 0 aliphatic rings. The molecule has 3 amide bonds. The molecule has 0 saturated heterocycles. The van der Waals surface area contributed by atoms with Crippen LogP contribution in [-0.4, -0.2) is 36.6 Å². The number of nitrogens with zero attached hydrogens (tertiary/aromatic N) is 1. The van der Waals surface area contributed by atoms with Crippen molar-refractivity contribution in [3.05, 3.63) is 59.7 Å². The van der Waals surface area contributed by atoms with Gasteiger partial charge in [0, 0.05) is 11.7 Å². The largest absolute Gasteiger partial charge is 0.484 e. The van der Waals surface area contributed by atoms with E-state index in [0.717, 1.165) is 24.1 Å². The second-order valence-electron chi connectivity index (χ2n) is 6.90. The summed E-state index contributed by atoms with van der Waals surface area (Å²) in [6, 6.07) is 14.4. The van der Waals surface area contributed by atoms with E-state index in [-0.39, 0.29) is 18.6 Å². The first-order chi connectivity index (χ1) is 14.9. The number of nitrogens with one attached hydrogen (secondary N) is 3. The summed E-state index contributed by atoms with van der Waals surface area (Å²) in [5, 5.41) is 9.19. The van der Waals surface area contributed by atoms with Crippen molar-refractivity contribution in [3.63, 3.8) is 0 Å². The standard InChI is InChI=1S/C23H28N4O4/c1-4-16(3)25-22(29)23(30)27-24-14-17-9-8-11-19(13-17)31-15-21(28)26-20-12-7-6-10-18(20)5-2/h6-14,16H,4-5,15H2,1-3H3,(H,25,29)(H,26,28)(H,27,30)/b24-14-/t16-/m0/s1. The average molecular weight is 425 g/mol. The molecule has 8 nitrogen and oxygen atoms in total. The highest BCUT2D eigenvalue weighted by Gasteiger charge is 2.14. The summed E-state index contributed by atoms with van der Waals surface area (Å²) < 4.78 is 5.55. The lowest BCUT2D eigenvalue weighted by Crippen LogP contribution is -2.41. The summed E-state index contributed by atoms with van der Waals surface area (Å²) in [4.78, 5) is 35.6. The van der Waals surface area contributed by atoms with E-state index in [1.165, 1.54) is 6.21 Å². The minimum Gasteiger partial charge on any atom is -0.484 e. The minimum atomic E-state index is -0.840. The molecule has 2 rings (SSSR count). The van der Waals surface area contributed by atoms with Gasteiger partial charge in [0.2, 0.25) is 0 Å². The zero-order chi connectivity index (χ0) is 22.6. The highest BCUT2D eigenvalue weighted by Crippen LogP contribution is 2.16. The molecule has 0 spiro atoms. The van der Waals surface area contributed by atoms with E-state index < -0.39 is 11.8 Å². The Bertz CT molecular complexity index is 943. The first-order valence-electron chi connectivity index (χ1n) is 10.2. The molecule has 0 saturated carbocycles. The molecule has 8 heteroatoms. The SMILES string of the molecule is CCc1ccccc1NC(=O)COc1cccc(/C=N\NC(=O)C(=O)N[C@@H](C)CC)c1. The van der Waals surface area contributed by atoms with Crippen LogP contribution in [0.1, 0.15) is 38.3 Å². The van der Waals surface area contributed by atoms with Gasteiger partial charge in [0.05, 0.1) is 6.21 Å². The number of carbonyl (C=O) groups excluding carboxylic acids is 3. The van der Waals surface area contributed by atoms with Gasteiger partial charge in [-0.3, -0.25) is 14.4 Å². The Morgan fingerprint density at radius 2 is 1.84 bits per heavy atom. The van der Waals surface area contributed by atoms with Crippen LogP contribution in [0.5, 0.6) is 5.75 Å². The highest BCUT2D eigenvalue weighted by molar-refractivity contribution is 6.35. The maximum absolute atomic E-state index is 12.2. The van der Waals surface area contributed by atoms with Gasteiger partial charge in [-0.2, -0.15) is 5.10 Å². The number of aryl methyl sites for hydroxylation is 1. The molecular weight excluding hydrogens is 396 g/mol. The predicted molar refractivity (Wildman–Crippen MR) is 120 cm³/mol. The van der Waals surface area contributed by atoms with Crippen molar-refractivity contribution in [2.45, 2.75) is 39.7 Å². The fourth-order valence-corrected chi connectivity index (χ4v) is 2.58. The van der Waals surface area contributed by atoms with E-state index in [1.54, 1.807) is 24.3 Å². The van der Waals surface area contributed by atoms with Crippen molar-refractivity contribution in [1.29, 1.82) is 0 Å². The molecule has 0 radical (unpaired) electrons. The van der Waals surface area contributed by atoms with Gasteiger partial charge in [-0.15, -0.1) is 0 Å². The maximum Gasteiger partial charge on any atom is 0.329 e. The number of hydrogen-bond donors (Lipinski definition) is 3. The van der Waals surface area contributed by atoms with E-state index in [0.29, 0.717) is 11.3 Å². The molecule has 0 unspecified atom stereocenters. The maximum atomic E-state index is 12.2. The molecule has 0 aliphatic carbocycles. The third-order valence-corrected chi connectivity index (χ3v) is 4.48. The van der Waals surface area contributed by atoms with Crippen molar-refractivity contribution in [3.8, 4) is 5.75 Å². The van der Waals surface area contributed by atoms with E-state index in [9.17, 15) is 14.4 Å². The van der Waals surface area contributed by atoms with Crippen molar-refractivity contribution >= 4 is 29.6 Å². The van der Waals surface area contributed by atoms with Crippen LogP contribution in [0.15, 0.2) is 53.6 Å². The van der Waals surface area contributed by atoms with Gasteiger partial charge in [-0.05, 0) is 49.1 Å². The molecule has 164 valence electrons. The number of hydrazone groups is 1. The average Bonchev–Trinajstić information content (AvgIpc) is 2.78. The van der Waals surface area contributed by atoms with Crippen LogP contribution in [0, 0.1) is 0 Å². The van der Waals surface area contributed by atoms with Crippen molar-refractivity contribution in [2.24, 2.45) is 5.10 Å². The Morgan fingerprint density at radius 3 is 2.58 bits per heavy atom. The van der Waals surface area contributed by atoms with Gasteiger partial charge in [0.25, 0.3) is 5.91 Å². The zero-order valence-electron chi connectivity index (χ0n) is 18.0. The number of hydrogen-bond acceptors (Lipinski definition) is 5. The number of rotatable bonds is 9. The van der Waals surface area contributed by atoms with E-state index in [2.05, 4.69) is 21.2 Å². The van der Waals surface area contributed by atoms with Gasteiger partial charge >= 0.3 is 11.8 Å².